The van der Waals surface area contributed by atoms with E-state index in [0.29, 0.717) is 18.0 Å². The third-order valence-corrected chi connectivity index (χ3v) is 4.15. The first-order valence-electron chi connectivity index (χ1n) is 7.47. The number of anilines is 2. The summed E-state index contributed by atoms with van der Waals surface area (Å²) in [6, 6.07) is 5.53. The number of nitrogens with two attached hydrogens (primary N) is 1. The summed E-state index contributed by atoms with van der Waals surface area (Å²) in [4.78, 5) is 14.1. The van der Waals surface area contributed by atoms with Crippen molar-refractivity contribution >= 4 is 17.3 Å². The van der Waals surface area contributed by atoms with Gasteiger partial charge in [-0.3, -0.25) is 4.79 Å². The van der Waals surface area contributed by atoms with E-state index >= 15 is 0 Å². The number of hydrogen-bond acceptors (Lipinski definition) is 4. The standard InChI is InChI=1S/C16H25N3O2/c1-11-14(17)4-3-5-15(11)18-16(21)6-7-19(2)10-12-8-13(20)9-12/h3-5,12-13,20H,6-10,17H2,1-2H3,(H,18,21). The molecule has 1 amide bonds. The van der Waals surface area contributed by atoms with Crippen LogP contribution in [0.3, 0.4) is 0 Å². The summed E-state index contributed by atoms with van der Waals surface area (Å²) >= 11 is 0. The lowest BCUT2D eigenvalue weighted by molar-refractivity contribution is -0.116. The van der Waals surface area contributed by atoms with Crippen LogP contribution in [-0.4, -0.2) is 42.2 Å². The molecule has 2 rings (SSSR count). The van der Waals surface area contributed by atoms with Crippen molar-refractivity contribution in [3.8, 4) is 0 Å². The van der Waals surface area contributed by atoms with Crippen molar-refractivity contribution in [3.63, 3.8) is 0 Å². The van der Waals surface area contributed by atoms with Crippen molar-refractivity contribution in [1.82, 2.24) is 4.90 Å². The van der Waals surface area contributed by atoms with Crippen LogP contribution in [0.5, 0.6) is 0 Å². The molecule has 1 aromatic rings. The molecular formula is C16H25N3O2. The Morgan fingerprint density at radius 3 is 2.86 bits per heavy atom. The monoisotopic (exact) mass is 291 g/mol. The molecule has 0 atom stereocenters. The van der Waals surface area contributed by atoms with Gasteiger partial charge in [-0.15, -0.1) is 0 Å². The fourth-order valence-electron chi connectivity index (χ4n) is 2.68. The van der Waals surface area contributed by atoms with Gasteiger partial charge in [0.1, 0.15) is 0 Å². The normalized spacial score (nSPS) is 21.1. The first kappa shape index (κ1) is 15.8. The van der Waals surface area contributed by atoms with Crippen molar-refractivity contribution in [3.05, 3.63) is 23.8 Å². The molecule has 4 N–H and O–H groups in total. The molecule has 0 bridgehead atoms. The highest BCUT2D eigenvalue weighted by Gasteiger charge is 2.27. The highest BCUT2D eigenvalue weighted by molar-refractivity contribution is 5.92. The number of nitrogen functional groups attached to an aromatic ring is 1. The largest absolute Gasteiger partial charge is 0.398 e. The molecule has 5 heteroatoms. The van der Waals surface area contributed by atoms with Crippen molar-refractivity contribution in [2.75, 3.05) is 31.2 Å². The van der Waals surface area contributed by atoms with E-state index in [1.165, 1.54) is 0 Å². The Bertz CT molecular complexity index is 498. The van der Waals surface area contributed by atoms with Crippen LogP contribution in [0.4, 0.5) is 11.4 Å². The molecule has 0 aliphatic heterocycles. The van der Waals surface area contributed by atoms with Gasteiger partial charge in [-0.25, -0.2) is 0 Å². The van der Waals surface area contributed by atoms with Crippen LogP contribution in [0.25, 0.3) is 0 Å². The van der Waals surface area contributed by atoms with Crippen LogP contribution in [0.2, 0.25) is 0 Å². The van der Waals surface area contributed by atoms with E-state index in [9.17, 15) is 9.90 Å². The number of amides is 1. The molecule has 1 aliphatic carbocycles. The molecule has 0 saturated heterocycles. The van der Waals surface area contributed by atoms with E-state index in [1.54, 1.807) is 0 Å². The Morgan fingerprint density at radius 1 is 1.48 bits per heavy atom. The predicted octanol–water partition coefficient (Wildman–Crippen LogP) is 1.61. The first-order valence-corrected chi connectivity index (χ1v) is 7.47. The number of aliphatic hydroxyl groups is 1. The van der Waals surface area contributed by atoms with E-state index in [0.717, 1.165) is 37.2 Å². The number of nitrogens with one attached hydrogen (secondary N) is 1. The van der Waals surface area contributed by atoms with Gasteiger partial charge >= 0.3 is 0 Å². The van der Waals surface area contributed by atoms with Gasteiger partial charge in [0.25, 0.3) is 0 Å². The van der Waals surface area contributed by atoms with Crippen molar-refractivity contribution in [1.29, 1.82) is 0 Å². The molecule has 1 fully saturated rings. The van der Waals surface area contributed by atoms with Crippen LogP contribution in [0.1, 0.15) is 24.8 Å². The quantitative estimate of drug-likeness (QED) is 0.696. The van der Waals surface area contributed by atoms with Crippen LogP contribution in [0.15, 0.2) is 18.2 Å². The Hall–Kier alpha value is -1.59. The van der Waals surface area contributed by atoms with Gasteiger partial charge in [-0.2, -0.15) is 0 Å². The number of benzene rings is 1. The summed E-state index contributed by atoms with van der Waals surface area (Å²) in [5.74, 6) is 0.577. The zero-order chi connectivity index (χ0) is 15.4. The number of carbonyl (C=O) groups excluding carboxylic acids is 1. The molecule has 0 spiro atoms. The van der Waals surface area contributed by atoms with E-state index in [1.807, 2.05) is 32.2 Å². The highest BCUT2D eigenvalue weighted by Crippen LogP contribution is 2.27. The maximum atomic E-state index is 12.0. The lowest BCUT2D eigenvalue weighted by Gasteiger charge is -2.34. The zero-order valence-corrected chi connectivity index (χ0v) is 12.8. The Morgan fingerprint density at radius 2 is 2.19 bits per heavy atom. The van der Waals surface area contributed by atoms with Crippen molar-refractivity contribution < 1.29 is 9.90 Å². The maximum Gasteiger partial charge on any atom is 0.225 e. The molecule has 1 aliphatic rings. The minimum absolute atomic E-state index is 0.00388. The second-order valence-electron chi connectivity index (χ2n) is 6.07. The number of nitrogens with zero attached hydrogens (tertiary/aromatic N) is 1. The highest BCUT2D eigenvalue weighted by atomic mass is 16.3. The van der Waals surface area contributed by atoms with Crippen LogP contribution < -0.4 is 11.1 Å². The van der Waals surface area contributed by atoms with Gasteiger partial charge < -0.3 is 21.1 Å². The zero-order valence-electron chi connectivity index (χ0n) is 12.8. The smallest absolute Gasteiger partial charge is 0.225 e. The topological polar surface area (TPSA) is 78.6 Å². The summed E-state index contributed by atoms with van der Waals surface area (Å²) in [6.45, 7) is 3.57. The van der Waals surface area contributed by atoms with Gasteiger partial charge in [-0.1, -0.05) is 6.07 Å². The third kappa shape index (κ3) is 4.44. The average molecular weight is 291 g/mol. The molecule has 5 nitrogen and oxygen atoms in total. The van der Waals surface area contributed by atoms with Gasteiger partial charge in [0, 0.05) is 30.9 Å². The predicted molar refractivity (Wildman–Crippen MR) is 85.1 cm³/mol. The fourth-order valence-corrected chi connectivity index (χ4v) is 2.68. The van der Waals surface area contributed by atoms with Gasteiger partial charge in [0.15, 0.2) is 0 Å². The summed E-state index contributed by atoms with van der Waals surface area (Å²) in [6.07, 6.45) is 2.12. The van der Waals surface area contributed by atoms with Gasteiger partial charge in [0.05, 0.1) is 6.10 Å². The molecule has 21 heavy (non-hydrogen) atoms. The van der Waals surface area contributed by atoms with Crippen LogP contribution in [0, 0.1) is 12.8 Å². The first-order chi connectivity index (χ1) is 9.95. The molecule has 0 unspecified atom stereocenters. The molecule has 0 heterocycles. The average Bonchev–Trinajstić information content (AvgIpc) is 2.40. The maximum absolute atomic E-state index is 12.0. The SMILES string of the molecule is Cc1c(N)cccc1NC(=O)CCN(C)CC1CC(O)C1. The second kappa shape index (κ2) is 6.91. The van der Waals surface area contributed by atoms with Crippen molar-refractivity contribution in [2.45, 2.75) is 32.3 Å². The molecule has 1 saturated carbocycles. The molecule has 1 aromatic carbocycles. The minimum atomic E-state index is -0.113. The second-order valence-corrected chi connectivity index (χ2v) is 6.07. The van der Waals surface area contributed by atoms with Crippen LogP contribution >= 0.6 is 0 Å². The minimum Gasteiger partial charge on any atom is -0.398 e. The van der Waals surface area contributed by atoms with E-state index in [2.05, 4.69) is 10.2 Å². The summed E-state index contributed by atoms with van der Waals surface area (Å²) in [7, 11) is 2.02. The van der Waals surface area contributed by atoms with E-state index < -0.39 is 0 Å². The number of aliphatic hydroxyl groups excluding tert-OH is 1. The lowest BCUT2D eigenvalue weighted by Crippen LogP contribution is -2.38. The summed E-state index contributed by atoms with van der Waals surface area (Å²) in [5, 5.41) is 12.2. The van der Waals surface area contributed by atoms with Crippen molar-refractivity contribution in [2.24, 2.45) is 5.92 Å². The Labute approximate surface area is 126 Å². The van der Waals surface area contributed by atoms with Crippen LogP contribution in [-0.2, 0) is 4.79 Å². The van der Waals surface area contributed by atoms with E-state index in [-0.39, 0.29) is 12.0 Å². The molecule has 116 valence electrons. The summed E-state index contributed by atoms with van der Waals surface area (Å²) in [5.41, 5.74) is 8.20. The lowest BCUT2D eigenvalue weighted by atomic mass is 9.82. The number of rotatable bonds is 6. The Kier molecular flexibility index (Phi) is 5.20. The Balaban J connectivity index is 1.73. The van der Waals surface area contributed by atoms with Gasteiger partial charge in [0.2, 0.25) is 5.91 Å². The van der Waals surface area contributed by atoms with Gasteiger partial charge in [-0.05, 0) is 50.4 Å². The fraction of sp³-hybridized carbons (Fsp3) is 0.562. The summed E-state index contributed by atoms with van der Waals surface area (Å²) < 4.78 is 0. The number of hydrogen-bond donors (Lipinski definition) is 3. The molecule has 0 radical (unpaired) electrons. The number of carbonyl (C=O) groups is 1. The third-order valence-electron chi connectivity index (χ3n) is 4.15. The molecular weight excluding hydrogens is 266 g/mol. The van der Waals surface area contributed by atoms with E-state index in [4.69, 9.17) is 5.73 Å². The molecule has 0 aromatic heterocycles.